The fraction of sp³-hybridized carbons (Fsp3) is 0.545. The second-order valence-corrected chi connectivity index (χ2v) is 3.82. The van der Waals surface area contributed by atoms with Gasteiger partial charge in [0.15, 0.2) is 0 Å². The van der Waals surface area contributed by atoms with Gasteiger partial charge in [0, 0.05) is 18.7 Å². The standard InChI is InChI=1S/C11H16N2O2/c14-11(9-3-5-13-6-9)8-15-10-2-1-4-12-7-10/h1-2,4,7,9,11,13-14H,3,5-6,8H2. The molecule has 82 valence electrons. The summed E-state index contributed by atoms with van der Waals surface area (Å²) in [6, 6.07) is 3.66. The summed E-state index contributed by atoms with van der Waals surface area (Å²) in [6.07, 6.45) is 3.99. The smallest absolute Gasteiger partial charge is 0.137 e. The Bertz CT molecular complexity index is 286. The number of nitrogens with one attached hydrogen (secondary N) is 1. The van der Waals surface area contributed by atoms with E-state index in [9.17, 15) is 5.11 Å². The van der Waals surface area contributed by atoms with Crippen LogP contribution in [0.2, 0.25) is 0 Å². The van der Waals surface area contributed by atoms with Gasteiger partial charge in [-0.15, -0.1) is 0 Å². The molecule has 0 spiro atoms. The molecule has 1 aromatic rings. The molecule has 1 aliphatic heterocycles. The number of aromatic nitrogens is 1. The summed E-state index contributed by atoms with van der Waals surface area (Å²) in [4.78, 5) is 3.94. The minimum Gasteiger partial charge on any atom is -0.489 e. The number of pyridine rings is 1. The van der Waals surface area contributed by atoms with Gasteiger partial charge in [0.1, 0.15) is 12.4 Å². The molecule has 0 saturated carbocycles. The van der Waals surface area contributed by atoms with E-state index in [1.807, 2.05) is 12.1 Å². The SMILES string of the molecule is OC(COc1cccnc1)C1CCNC1. The number of rotatable bonds is 4. The Labute approximate surface area is 89.3 Å². The Morgan fingerprint density at radius 1 is 1.67 bits per heavy atom. The highest BCUT2D eigenvalue weighted by molar-refractivity contribution is 5.15. The van der Waals surface area contributed by atoms with Crippen LogP contribution in [0.3, 0.4) is 0 Å². The van der Waals surface area contributed by atoms with E-state index in [1.54, 1.807) is 12.4 Å². The molecule has 4 heteroatoms. The van der Waals surface area contributed by atoms with Gasteiger partial charge in [0.25, 0.3) is 0 Å². The summed E-state index contributed by atoms with van der Waals surface area (Å²) in [5, 5.41) is 13.0. The predicted molar refractivity (Wildman–Crippen MR) is 56.7 cm³/mol. The Balaban J connectivity index is 1.77. The van der Waals surface area contributed by atoms with Crippen LogP contribution in [0, 0.1) is 5.92 Å². The van der Waals surface area contributed by atoms with Crippen LogP contribution in [-0.4, -0.2) is 35.9 Å². The lowest BCUT2D eigenvalue weighted by atomic mass is 10.0. The fourth-order valence-corrected chi connectivity index (χ4v) is 1.76. The van der Waals surface area contributed by atoms with Crippen LogP contribution >= 0.6 is 0 Å². The second kappa shape index (κ2) is 5.09. The zero-order valence-corrected chi connectivity index (χ0v) is 8.60. The molecule has 2 heterocycles. The van der Waals surface area contributed by atoms with Crippen molar-refractivity contribution in [3.05, 3.63) is 24.5 Å². The normalized spacial score (nSPS) is 22.6. The quantitative estimate of drug-likeness (QED) is 0.753. The molecule has 2 atom stereocenters. The Hall–Kier alpha value is -1.13. The average molecular weight is 208 g/mol. The van der Waals surface area contributed by atoms with E-state index in [1.165, 1.54) is 0 Å². The molecule has 1 aliphatic rings. The number of hydrogen-bond donors (Lipinski definition) is 2. The summed E-state index contributed by atoms with van der Waals surface area (Å²) >= 11 is 0. The molecule has 0 aromatic carbocycles. The van der Waals surface area contributed by atoms with Crippen LogP contribution in [0.5, 0.6) is 5.75 Å². The maximum absolute atomic E-state index is 9.82. The summed E-state index contributed by atoms with van der Waals surface area (Å²) in [7, 11) is 0. The largest absolute Gasteiger partial charge is 0.489 e. The van der Waals surface area contributed by atoms with Crippen molar-refractivity contribution in [1.29, 1.82) is 0 Å². The highest BCUT2D eigenvalue weighted by atomic mass is 16.5. The number of nitrogens with zero attached hydrogens (tertiary/aromatic N) is 1. The highest BCUT2D eigenvalue weighted by Gasteiger charge is 2.23. The first kappa shape index (κ1) is 10.4. The van der Waals surface area contributed by atoms with Crippen LogP contribution < -0.4 is 10.1 Å². The summed E-state index contributed by atoms with van der Waals surface area (Å²) < 4.78 is 5.44. The van der Waals surface area contributed by atoms with Gasteiger partial charge in [0.2, 0.25) is 0 Å². The van der Waals surface area contributed by atoms with Crippen molar-refractivity contribution in [2.45, 2.75) is 12.5 Å². The van der Waals surface area contributed by atoms with Crippen LogP contribution in [0.4, 0.5) is 0 Å². The van der Waals surface area contributed by atoms with E-state index < -0.39 is 0 Å². The van der Waals surface area contributed by atoms with Gasteiger partial charge in [-0.1, -0.05) is 0 Å². The lowest BCUT2D eigenvalue weighted by molar-refractivity contribution is 0.0639. The number of hydrogen-bond acceptors (Lipinski definition) is 4. The van der Waals surface area contributed by atoms with Crippen molar-refractivity contribution in [1.82, 2.24) is 10.3 Å². The Kier molecular flexibility index (Phi) is 3.53. The third-order valence-corrected chi connectivity index (χ3v) is 2.70. The van der Waals surface area contributed by atoms with Gasteiger partial charge in [-0.25, -0.2) is 0 Å². The van der Waals surface area contributed by atoms with Crippen LogP contribution in [0.25, 0.3) is 0 Å². The van der Waals surface area contributed by atoms with E-state index in [2.05, 4.69) is 10.3 Å². The molecule has 1 saturated heterocycles. The lowest BCUT2D eigenvalue weighted by Crippen LogP contribution is -2.28. The molecule has 2 unspecified atom stereocenters. The van der Waals surface area contributed by atoms with Crippen molar-refractivity contribution in [3.8, 4) is 5.75 Å². The average Bonchev–Trinajstić information content (AvgIpc) is 2.81. The first-order chi connectivity index (χ1) is 7.36. The minimum absolute atomic E-state index is 0.321. The van der Waals surface area contributed by atoms with E-state index >= 15 is 0 Å². The molecule has 1 fully saturated rings. The van der Waals surface area contributed by atoms with Gasteiger partial charge in [-0.05, 0) is 25.1 Å². The lowest BCUT2D eigenvalue weighted by Gasteiger charge is -2.17. The Morgan fingerprint density at radius 3 is 3.27 bits per heavy atom. The maximum Gasteiger partial charge on any atom is 0.137 e. The number of aliphatic hydroxyl groups is 1. The zero-order chi connectivity index (χ0) is 10.5. The molecule has 0 bridgehead atoms. The van der Waals surface area contributed by atoms with E-state index in [0.29, 0.717) is 18.3 Å². The van der Waals surface area contributed by atoms with Crippen molar-refractivity contribution < 1.29 is 9.84 Å². The van der Waals surface area contributed by atoms with Crippen LogP contribution in [0.15, 0.2) is 24.5 Å². The molecule has 1 aromatic heterocycles. The molecular formula is C11H16N2O2. The first-order valence-electron chi connectivity index (χ1n) is 5.28. The molecular weight excluding hydrogens is 192 g/mol. The molecule has 2 N–H and O–H groups in total. The monoisotopic (exact) mass is 208 g/mol. The van der Waals surface area contributed by atoms with Crippen molar-refractivity contribution >= 4 is 0 Å². The molecule has 4 nitrogen and oxygen atoms in total. The maximum atomic E-state index is 9.82. The van der Waals surface area contributed by atoms with Crippen molar-refractivity contribution in [2.24, 2.45) is 5.92 Å². The molecule has 2 rings (SSSR count). The molecule has 0 aliphatic carbocycles. The number of ether oxygens (including phenoxy) is 1. The van der Waals surface area contributed by atoms with Gasteiger partial charge < -0.3 is 15.2 Å². The topological polar surface area (TPSA) is 54.4 Å². The van der Waals surface area contributed by atoms with E-state index in [0.717, 1.165) is 19.5 Å². The summed E-state index contributed by atoms with van der Waals surface area (Å²) in [5.41, 5.74) is 0. The van der Waals surface area contributed by atoms with Gasteiger partial charge in [0.05, 0.1) is 12.3 Å². The Morgan fingerprint density at radius 2 is 2.60 bits per heavy atom. The zero-order valence-electron chi connectivity index (χ0n) is 8.60. The predicted octanol–water partition coefficient (Wildman–Crippen LogP) is 0.431. The van der Waals surface area contributed by atoms with E-state index in [4.69, 9.17) is 4.74 Å². The van der Waals surface area contributed by atoms with Crippen LogP contribution in [-0.2, 0) is 0 Å². The molecule has 0 amide bonds. The third kappa shape index (κ3) is 2.91. The van der Waals surface area contributed by atoms with E-state index in [-0.39, 0.29) is 6.10 Å². The third-order valence-electron chi connectivity index (χ3n) is 2.70. The van der Waals surface area contributed by atoms with Crippen molar-refractivity contribution in [2.75, 3.05) is 19.7 Å². The fourth-order valence-electron chi connectivity index (χ4n) is 1.76. The summed E-state index contributed by atoms with van der Waals surface area (Å²) in [6.45, 7) is 2.23. The van der Waals surface area contributed by atoms with Gasteiger partial charge in [-0.2, -0.15) is 0 Å². The molecule has 0 radical (unpaired) electrons. The molecule has 15 heavy (non-hydrogen) atoms. The van der Waals surface area contributed by atoms with Crippen LogP contribution in [0.1, 0.15) is 6.42 Å². The highest BCUT2D eigenvalue weighted by Crippen LogP contribution is 2.14. The van der Waals surface area contributed by atoms with Crippen molar-refractivity contribution in [3.63, 3.8) is 0 Å². The number of aliphatic hydroxyl groups excluding tert-OH is 1. The van der Waals surface area contributed by atoms with Gasteiger partial charge in [-0.3, -0.25) is 4.98 Å². The summed E-state index contributed by atoms with van der Waals surface area (Å²) in [5.74, 6) is 1.03. The minimum atomic E-state index is -0.389. The first-order valence-corrected chi connectivity index (χ1v) is 5.28. The van der Waals surface area contributed by atoms with Gasteiger partial charge >= 0.3 is 0 Å². The second-order valence-electron chi connectivity index (χ2n) is 3.82.